The van der Waals surface area contributed by atoms with Crippen LogP contribution in [-0.4, -0.2) is 49.3 Å². The Labute approximate surface area is 143 Å². The van der Waals surface area contributed by atoms with Gasteiger partial charge in [0, 0.05) is 49.7 Å². The Morgan fingerprint density at radius 1 is 1.29 bits per heavy atom. The largest absolute Gasteiger partial charge is 0.489 e. The van der Waals surface area contributed by atoms with Crippen LogP contribution in [0.15, 0.2) is 48.8 Å². The number of benzene rings is 1. The fourth-order valence-electron chi connectivity index (χ4n) is 2.79. The lowest BCUT2D eigenvalue weighted by atomic mass is 10.2. The molecule has 5 heteroatoms. The summed E-state index contributed by atoms with van der Waals surface area (Å²) in [6.45, 7) is 4.96. The highest BCUT2D eigenvalue weighted by atomic mass is 16.5. The van der Waals surface area contributed by atoms with Gasteiger partial charge in [-0.15, -0.1) is 0 Å². The number of aromatic nitrogens is 1. The quantitative estimate of drug-likeness (QED) is 0.844. The number of hydrogen-bond donors (Lipinski definition) is 1. The molecule has 0 aliphatic carbocycles. The van der Waals surface area contributed by atoms with Crippen LogP contribution in [0.3, 0.4) is 0 Å². The van der Waals surface area contributed by atoms with Crippen molar-refractivity contribution >= 4 is 0 Å². The van der Waals surface area contributed by atoms with E-state index < -0.39 is 0 Å². The van der Waals surface area contributed by atoms with Crippen molar-refractivity contribution in [2.24, 2.45) is 0 Å². The van der Waals surface area contributed by atoms with E-state index in [4.69, 9.17) is 9.47 Å². The van der Waals surface area contributed by atoms with Gasteiger partial charge >= 0.3 is 0 Å². The van der Waals surface area contributed by atoms with E-state index in [9.17, 15) is 0 Å². The Hall–Kier alpha value is -1.95. The van der Waals surface area contributed by atoms with Crippen LogP contribution >= 0.6 is 0 Å². The van der Waals surface area contributed by atoms with Gasteiger partial charge in [-0.3, -0.25) is 4.98 Å². The predicted molar refractivity (Wildman–Crippen MR) is 94.0 cm³/mol. The topological polar surface area (TPSA) is 46.6 Å². The summed E-state index contributed by atoms with van der Waals surface area (Å²) in [6.07, 6.45) is 3.86. The predicted octanol–water partition coefficient (Wildman–Crippen LogP) is 2.08. The molecule has 1 fully saturated rings. The van der Waals surface area contributed by atoms with Crippen LogP contribution < -0.4 is 10.1 Å². The number of likely N-dealkylation sites (N-methyl/N-ethyl adjacent to an activating group) is 1. The van der Waals surface area contributed by atoms with Gasteiger partial charge in [-0.2, -0.15) is 0 Å². The van der Waals surface area contributed by atoms with Crippen LogP contribution in [0.1, 0.15) is 11.1 Å². The molecule has 1 unspecified atom stereocenters. The van der Waals surface area contributed by atoms with Crippen molar-refractivity contribution in [3.63, 3.8) is 0 Å². The molecule has 0 amide bonds. The minimum absolute atomic E-state index is 0.257. The van der Waals surface area contributed by atoms with Crippen LogP contribution in [0.4, 0.5) is 0 Å². The third-order valence-electron chi connectivity index (χ3n) is 4.12. The van der Waals surface area contributed by atoms with Crippen molar-refractivity contribution in [1.29, 1.82) is 0 Å². The number of nitrogens with zero attached hydrogens (tertiary/aromatic N) is 2. The van der Waals surface area contributed by atoms with E-state index >= 15 is 0 Å². The molecule has 1 N–H and O–H groups in total. The molecule has 1 aromatic carbocycles. The molecular weight excluding hydrogens is 302 g/mol. The minimum Gasteiger partial charge on any atom is -0.489 e. The van der Waals surface area contributed by atoms with Gasteiger partial charge in [0.05, 0.1) is 12.7 Å². The van der Waals surface area contributed by atoms with Gasteiger partial charge in [0.15, 0.2) is 0 Å². The number of ether oxygens (including phenoxy) is 2. The first-order valence-electron chi connectivity index (χ1n) is 8.42. The fraction of sp³-hybridized carbons (Fsp3) is 0.421. The monoisotopic (exact) mass is 327 g/mol. The van der Waals surface area contributed by atoms with E-state index in [-0.39, 0.29) is 6.10 Å². The first kappa shape index (κ1) is 16.9. The summed E-state index contributed by atoms with van der Waals surface area (Å²) in [5.74, 6) is 0.913. The first-order chi connectivity index (χ1) is 11.8. The molecule has 2 aromatic rings. The second-order valence-corrected chi connectivity index (χ2v) is 6.14. The zero-order chi connectivity index (χ0) is 16.6. The lowest BCUT2D eigenvalue weighted by Gasteiger charge is -2.30. The molecule has 0 saturated carbocycles. The van der Waals surface area contributed by atoms with Gasteiger partial charge < -0.3 is 19.7 Å². The average Bonchev–Trinajstić information content (AvgIpc) is 2.62. The average molecular weight is 327 g/mol. The molecule has 128 valence electrons. The molecule has 1 saturated heterocycles. The number of morpholine rings is 1. The Bertz CT molecular complexity index is 621. The summed E-state index contributed by atoms with van der Waals surface area (Å²) >= 11 is 0. The molecule has 5 nitrogen and oxygen atoms in total. The summed E-state index contributed by atoms with van der Waals surface area (Å²) in [5.41, 5.74) is 2.23. The molecule has 0 bridgehead atoms. The maximum Gasteiger partial charge on any atom is 0.124 e. The Balaban J connectivity index is 1.50. The van der Waals surface area contributed by atoms with E-state index in [1.165, 1.54) is 0 Å². The summed E-state index contributed by atoms with van der Waals surface area (Å²) in [4.78, 5) is 6.42. The van der Waals surface area contributed by atoms with Crippen molar-refractivity contribution in [3.05, 3.63) is 59.9 Å². The maximum atomic E-state index is 5.96. The molecule has 0 spiro atoms. The summed E-state index contributed by atoms with van der Waals surface area (Å²) in [6, 6.07) is 12.1. The molecule has 1 aliphatic heterocycles. The molecule has 24 heavy (non-hydrogen) atoms. The molecule has 2 heterocycles. The number of hydrogen-bond acceptors (Lipinski definition) is 5. The van der Waals surface area contributed by atoms with Crippen LogP contribution in [-0.2, 0) is 17.9 Å². The molecule has 0 radical (unpaired) electrons. The lowest BCUT2D eigenvalue weighted by molar-refractivity contribution is -0.0182. The smallest absolute Gasteiger partial charge is 0.124 e. The van der Waals surface area contributed by atoms with Gasteiger partial charge in [-0.25, -0.2) is 0 Å². The van der Waals surface area contributed by atoms with E-state index in [0.717, 1.165) is 49.7 Å². The van der Waals surface area contributed by atoms with Crippen molar-refractivity contribution in [2.75, 3.05) is 33.3 Å². The highest BCUT2D eigenvalue weighted by molar-refractivity contribution is 5.33. The van der Waals surface area contributed by atoms with Crippen LogP contribution in [0, 0.1) is 0 Å². The van der Waals surface area contributed by atoms with Crippen molar-refractivity contribution < 1.29 is 9.47 Å². The molecule has 1 atom stereocenters. The standard InChI is InChI=1S/C19H25N3O2/c1-22-9-10-23-18(14-22)13-21-12-17-6-2-3-7-19(17)24-15-16-5-4-8-20-11-16/h2-8,11,18,21H,9-10,12-15H2,1H3. The van der Waals surface area contributed by atoms with Crippen LogP contribution in [0.25, 0.3) is 0 Å². The maximum absolute atomic E-state index is 5.96. The van der Waals surface area contributed by atoms with E-state index in [1.807, 2.05) is 36.5 Å². The van der Waals surface area contributed by atoms with E-state index in [1.54, 1.807) is 6.20 Å². The first-order valence-corrected chi connectivity index (χ1v) is 8.42. The van der Waals surface area contributed by atoms with Gasteiger partial charge in [0.25, 0.3) is 0 Å². The number of para-hydroxylation sites is 1. The zero-order valence-corrected chi connectivity index (χ0v) is 14.1. The van der Waals surface area contributed by atoms with Gasteiger partial charge in [-0.05, 0) is 19.2 Å². The van der Waals surface area contributed by atoms with Crippen molar-refractivity contribution in [3.8, 4) is 5.75 Å². The zero-order valence-electron chi connectivity index (χ0n) is 14.1. The molecule has 1 aromatic heterocycles. The third-order valence-corrected chi connectivity index (χ3v) is 4.12. The summed E-state index contributed by atoms with van der Waals surface area (Å²) in [5, 5.41) is 3.49. The Kier molecular flexibility index (Phi) is 6.18. The second-order valence-electron chi connectivity index (χ2n) is 6.14. The fourth-order valence-corrected chi connectivity index (χ4v) is 2.79. The van der Waals surface area contributed by atoms with Gasteiger partial charge in [0.1, 0.15) is 12.4 Å². The summed E-state index contributed by atoms with van der Waals surface area (Å²) in [7, 11) is 2.14. The molecule has 3 rings (SSSR count). The highest BCUT2D eigenvalue weighted by Crippen LogP contribution is 2.19. The van der Waals surface area contributed by atoms with E-state index in [0.29, 0.717) is 6.61 Å². The lowest BCUT2D eigenvalue weighted by Crippen LogP contribution is -2.44. The van der Waals surface area contributed by atoms with Crippen LogP contribution in [0.2, 0.25) is 0 Å². The number of pyridine rings is 1. The molecular formula is C19H25N3O2. The normalized spacial score (nSPS) is 18.5. The van der Waals surface area contributed by atoms with E-state index in [2.05, 4.69) is 28.3 Å². The minimum atomic E-state index is 0.257. The van der Waals surface area contributed by atoms with Gasteiger partial charge in [-0.1, -0.05) is 24.3 Å². The summed E-state index contributed by atoms with van der Waals surface area (Å²) < 4.78 is 11.7. The number of nitrogens with one attached hydrogen (secondary N) is 1. The SMILES string of the molecule is CN1CCOC(CNCc2ccccc2OCc2cccnc2)C1. The Morgan fingerprint density at radius 3 is 3.04 bits per heavy atom. The van der Waals surface area contributed by atoms with Gasteiger partial charge in [0.2, 0.25) is 0 Å². The second kappa shape index (κ2) is 8.78. The van der Waals surface area contributed by atoms with Crippen molar-refractivity contribution in [1.82, 2.24) is 15.2 Å². The molecule has 1 aliphatic rings. The van der Waals surface area contributed by atoms with Crippen molar-refractivity contribution in [2.45, 2.75) is 19.3 Å². The highest BCUT2D eigenvalue weighted by Gasteiger charge is 2.17. The number of rotatable bonds is 7. The Morgan fingerprint density at radius 2 is 2.21 bits per heavy atom. The third kappa shape index (κ3) is 5.03. The van der Waals surface area contributed by atoms with Crippen LogP contribution in [0.5, 0.6) is 5.75 Å².